The molecule has 0 atom stereocenters. The lowest BCUT2D eigenvalue weighted by atomic mass is 9.77. The number of amides is 11. The topological polar surface area (TPSA) is 455 Å². The Morgan fingerprint density at radius 2 is 0.799 bits per heavy atom. The van der Waals surface area contributed by atoms with Gasteiger partial charge in [-0.05, 0) is 115 Å². The van der Waals surface area contributed by atoms with Crippen LogP contribution in [0, 0.1) is 23.7 Å². The molecule has 14 aliphatic rings. The Hall–Kier alpha value is -11.3. The standard InChI is InChI=1S/C38H48N4O3S3.C30H29N3O12S3.C29H28N4O12S3/c1-18(2)29-32(19(3)4)46-35-30(38(29)47-33(20(5)6)34(48-38)21(7)8)24-14-23-16-39-15-22(9)28(23)25-17-40(42-26(43)12-13-27(42)44)36(45)41(31(24)25)37(35,10)11;1-29(2)24-18(13-10-31-11-14(41-3)20(13)33(29)17(36)12-32-15(34)8-9-16(32)35)30(19(25(37)42-4)21(46-24)26(38)43-5)47-22(27(39)44-6)23(48-30)28(40)45-7;1-28(2)22-16(12-8-30-9-13(41-3)18(12)33(28)15(35)11-32-14(34)10-31-27(32)40)29(17(23(36)42-4)19(46-22)24(37)43-5)47-20(25(38)44-6)21(48-29)26(39)45-7/h14-15,18-21,39H,12-13,16-17H2,1-11H3;10-11H,8-9,12H2,1-7H3;8-9H,10-11H2,1-7H3,(H,31,40). The highest BCUT2D eigenvalue weighted by molar-refractivity contribution is 8.28. The number of esters is 8. The van der Waals surface area contributed by atoms with E-state index >= 15 is 0 Å². The number of allylic oxidation sites excluding steroid dienone is 4. The first kappa shape index (κ1) is 107. The molecule has 144 heavy (non-hydrogen) atoms. The molecule has 0 aliphatic carbocycles. The molecule has 3 fully saturated rings. The number of thioether (sulfide) groups is 9. The summed E-state index contributed by atoms with van der Waals surface area (Å²) in [4.78, 5) is 247. The zero-order chi connectivity index (χ0) is 105. The maximum Gasteiger partial charge on any atom is 0.345 e. The van der Waals surface area contributed by atoms with Crippen molar-refractivity contribution in [3.05, 3.63) is 146 Å². The number of imide groups is 3. The van der Waals surface area contributed by atoms with E-state index in [2.05, 4.69) is 126 Å². The molecule has 14 aliphatic heterocycles. The third kappa shape index (κ3) is 17.0. The number of benzene rings is 1. The Morgan fingerprint density at radius 1 is 0.417 bits per heavy atom. The average molecular weight is 2150 g/mol. The fourth-order valence-corrected chi connectivity index (χ4v) is 36.1. The van der Waals surface area contributed by atoms with Crippen LogP contribution in [0.5, 0.6) is 11.5 Å². The molecule has 0 radical (unpaired) electrons. The van der Waals surface area contributed by atoms with E-state index in [1.165, 1.54) is 90.1 Å². The van der Waals surface area contributed by atoms with Crippen LogP contribution in [-0.2, 0) is 123 Å². The van der Waals surface area contributed by atoms with E-state index in [4.69, 9.17) is 47.4 Å². The summed E-state index contributed by atoms with van der Waals surface area (Å²) < 4.78 is 47.8. The quantitative estimate of drug-likeness (QED) is 0.0487. The summed E-state index contributed by atoms with van der Waals surface area (Å²) in [6.45, 7) is 31.0. The van der Waals surface area contributed by atoms with Crippen molar-refractivity contribution < 1.29 is 129 Å². The number of hydrogen-bond acceptors (Lipinski definition) is 39. The molecule has 3 spiro atoms. The monoisotopic (exact) mass is 2140 g/mol. The Labute approximate surface area is 867 Å². The minimum Gasteiger partial charge on any atom is -0.493 e. The van der Waals surface area contributed by atoms with E-state index in [1.54, 1.807) is 27.7 Å². The van der Waals surface area contributed by atoms with Crippen molar-refractivity contribution in [1.29, 1.82) is 0 Å². The Morgan fingerprint density at radius 3 is 1.17 bits per heavy atom. The Kier molecular flexibility index (Phi) is 29.8. The maximum atomic E-state index is 14.9. The van der Waals surface area contributed by atoms with Gasteiger partial charge in [-0.1, -0.05) is 138 Å². The lowest BCUT2D eigenvalue weighted by molar-refractivity contribution is -0.153. The minimum atomic E-state index is -1.83. The largest absolute Gasteiger partial charge is 0.493 e. The lowest BCUT2D eigenvalue weighted by Gasteiger charge is -2.56. The van der Waals surface area contributed by atoms with Gasteiger partial charge in [0.15, 0.2) is 11.5 Å². The Bertz CT molecular complexity index is 6270. The number of fused-ring (bicyclic) bond motifs is 10. The molecule has 17 rings (SSSR count). The van der Waals surface area contributed by atoms with Gasteiger partial charge in [-0.25, -0.2) is 53.0 Å². The first-order chi connectivity index (χ1) is 68.0. The van der Waals surface area contributed by atoms with E-state index in [1.807, 2.05) is 22.9 Å². The van der Waals surface area contributed by atoms with Crippen molar-refractivity contribution in [2.45, 2.75) is 171 Å². The second kappa shape index (κ2) is 40.1. The van der Waals surface area contributed by atoms with Crippen molar-refractivity contribution in [1.82, 2.24) is 40.4 Å². The molecular weight excluding hydrogens is 2040 g/mol. The second-order valence-corrected chi connectivity index (χ2v) is 48.3. The van der Waals surface area contributed by atoms with Gasteiger partial charge in [0.25, 0.3) is 5.91 Å². The van der Waals surface area contributed by atoms with Gasteiger partial charge in [0, 0.05) is 105 Å². The van der Waals surface area contributed by atoms with Gasteiger partial charge in [-0.2, -0.15) is 5.01 Å². The zero-order valence-corrected chi connectivity index (χ0v) is 90.7. The van der Waals surface area contributed by atoms with Crippen molar-refractivity contribution in [2.75, 3.05) is 105 Å². The van der Waals surface area contributed by atoms with E-state index < -0.39 is 121 Å². The fourth-order valence-electron chi connectivity index (χ4n) is 19.8. The van der Waals surface area contributed by atoms with Gasteiger partial charge in [-0.15, -0.1) is 23.5 Å². The number of aromatic nitrogens is 2. The summed E-state index contributed by atoms with van der Waals surface area (Å²) in [7, 11) is 11.6. The number of anilines is 3. The highest BCUT2D eigenvalue weighted by Gasteiger charge is 2.67. The molecular formula is C97H105N11O27S9. The van der Waals surface area contributed by atoms with Crippen LogP contribution in [0.4, 0.5) is 26.7 Å². The van der Waals surface area contributed by atoms with Crippen LogP contribution in [-0.4, -0.2) is 251 Å². The summed E-state index contributed by atoms with van der Waals surface area (Å²) in [6, 6.07) is 1.30. The highest BCUT2D eigenvalue weighted by Crippen LogP contribution is 2.77. The van der Waals surface area contributed by atoms with Gasteiger partial charge in [0.05, 0.1) is 141 Å². The van der Waals surface area contributed by atoms with Gasteiger partial charge < -0.3 is 58.0 Å². The third-order valence-electron chi connectivity index (χ3n) is 26.0. The first-order valence-corrected chi connectivity index (χ1v) is 52.6. The third-order valence-corrected chi connectivity index (χ3v) is 41.0. The van der Waals surface area contributed by atoms with E-state index in [0.717, 1.165) is 170 Å². The molecule has 3 aromatic rings. The predicted molar refractivity (Wildman–Crippen MR) is 546 cm³/mol. The van der Waals surface area contributed by atoms with Crippen LogP contribution < -0.4 is 34.8 Å². The molecule has 2 aromatic heterocycles. The Balaban J connectivity index is 0.000000163. The number of urea groups is 2. The number of rotatable bonds is 19. The molecule has 3 saturated heterocycles. The molecule has 11 amide bonds. The van der Waals surface area contributed by atoms with Crippen molar-refractivity contribution in [3.8, 4) is 11.5 Å². The van der Waals surface area contributed by atoms with Crippen LogP contribution in [0.2, 0.25) is 0 Å². The summed E-state index contributed by atoms with van der Waals surface area (Å²) in [5.41, 5.74) is 6.49. The number of hydrogen-bond donors (Lipinski definition) is 2. The fraction of sp³-hybridized carbons (Fsp3) is 0.454. The lowest BCUT2D eigenvalue weighted by Crippen LogP contribution is -2.63. The highest BCUT2D eigenvalue weighted by atomic mass is 32.2. The average Bonchev–Trinajstić information content (AvgIpc) is 1.35. The number of carbonyl (C=O) groups is 17. The SMILES string of the molecule is CC1=CNCc2cc3c4c(c21)CN(N1C(=O)CCC1=O)C(=O)N4C(C)(C)C1=C3C2(SC(C(C)C)=C(C(C)C)S2)C(C(C)C)=C(C(C)C)S1.COC(=O)C1=C(C(=O)OC)SC2(S1)C(C(=O)OC)=C(C(=O)OC)SC1=C2c2cncc(OC)c2N(C(=O)CN2C(=O)CCC2=O)C1(C)C.COC(=O)C1=C(C(=O)OC)SC2(S1)C(C(=O)OC)=C(C(=O)OC)SC1=C2c2cncc(OC)c2N(C(=O)CN2C(=O)CNC2=O)C1(C)C. The van der Waals surface area contributed by atoms with Crippen LogP contribution in [0.25, 0.3) is 22.3 Å². The summed E-state index contributed by atoms with van der Waals surface area (Å²) in [5.74, 6) is -9.45. The molecule has 764 valence electrons. The smallest absolute Gasteiger partial charge is 0.345 e. The number of nitrogens with zero attached hydrogens (tertiary/aromatic N) is 9. The normalized spacial score (nSPS) is 20.5. The van der Waals surface area contributed by atoms with E-state index in [-0.39, 0.29) is 141 Å². The summed E-state index contributed by atoms with van der Waals surface area (Å²) >= 11 is 10.7. The minimum absolute atomic E-state index is 0.0247. The number of ether oxygens (including phenoxy) is 10. The maximum absolute atomic E-state index is 14.9. The number of hydrazine groups is 1. The van der Waals surface area contributed by atoms with Crippen LogP contribution in [0.15, 0.2) is 113 Å². The molecule has 1 aromatic carbocycles. The zero-order valence-electron chi connectivity index (χ0n) is 83.4. The number of nitrogens with one attached hydrogen (secondary N) is 2. The molecule has 16 heterocycles. The summed E-state index contributed by atoms with van der Waals surface area (Å²) in [6.07, 6.45) is 7.77. The van der Waals surface area contributed by atoms with Crippen molar-refractivity contribution in [2.24, 2.45) is 23.7 Å². The second-order valence-electron chi connectivity index (χ2n) is 37.1. The van der Waals surface area contributed by atoms with Crippen LogP contribution >= 0.6 is 106 Å². The molecule has 38 nitrogen and oxygen atoms in total. The van der Waals surface area contributed by atoms with Crippen molar-refractivity contribution in [3.63, 3.8) is 0 Å². The summed E-state index contributed by atoms with van der Waals surface area (Å²) in [5, 5.41) is 8.43. The van der Waals surface area contributed by atoms with E-state index in [0.29, 0.717) is 45.6 Å². The molecule has 2 N–H and O–H groups in total. The first-order valence-electron chi connectivity index (χ1n) is 45.2. The van der Waals surface area contributed by atoms with Gasteiger partial charge >= 0.3 is 59.8 Å². The molecule has 0 saturated carbocycles. The molecule has 0 unspecified atom stereocenters. The number of likely N-dealkylation sites (tertiary alicyclic amines) is 1. The van der Waals surface area contributed by atoms with E-state index in [9.17, 15) is 81.5 Å². The van der Waals surface area contributed by atoms with Crippen molar-refractivity contribution >= 4 is 246 Å². The van der Waals surface area contributed by atoms with Crippen LogP contribution in [0.3, 0.4) is 0 Å². The van der Waals surface area contributed by atoms with Gasteiger partial charge in [0.1, 0.15) is 54.8 Å². The molecule has 0 bridgehead atoms. The van der Waals surface area contributed by atoms with Crippen LogP contribution in [0.1, 0.15) is 163 Å². The number of carbonyl (C=O) groups excluding carboxylic acids is 17. The van der Waals surface area contributed by atoms with Gasteiger partial charge in [0.2, 0.25) is 35.4 Å². The number of methoxy groups -OCH3 is 10. The van der Waals surface area contributed by atoms with Gasteiger partial charge in [-0.3, -0.25) is 68.0 Å². The predicted octanol–water partition coefficient (Wildman–Crippen LogP) is 13.2. The molecule has 47 heteroatoms. The number of pyridine rings is 2.